The van der Waals surface area contributed by atoms with E-state index in [1.807, 2.05) is 31.2 Å². The molecule has 28 heavy (non-hydrogen) atoms. The molecule has 1 aromatic heterocycles. The van der Waals surface area contributed by atoms with Gasteiger partial charge in [-0.25, -0.2) is 0 Å². The van der Waals surface area contributed by atoms with Gasteiger partial charge in [0.25, 0.3) is 0 Å². The van der Waals surface area contributed by atoms with E-state index in [9.17, 15) is 18.0 Å². The minimum absolute atomic E-state index is 0.0170. The van der Waals surface area contributed by atoms with Gasteiger partial charge in [0.05, 0.1) is 5.56 Å². The molecular weight excluding hydrogens is 371 g/mol. The van der Waals surface area contributed by atoms with Crippen LogP contribution in [0.5, 0.6) is 0 Å². The zero-order chi connectivity index (χ0) is 20.1. The summed E-state index contributed by atoms with van der Waals surface area (Å²) in [7, 11) is 0. The number of anilines is 1. The number of rotatable bonds is 6. The van der Waals surface area contributed by atoms with Crippen LogP contribution >= 0.6 is 0 Å². The molecule has 1 heterocycles. The molecule has 0 aliphatic heterocycles. The maximum absolute atomic E-state index is 12.8. The van der Waals surface area contributed by atoms with Crippen LogP contribution in [0.2, 0.25) is 0 Å². The Kier molecular flexibility index (Phi) is 5.77. The van der Waals surface area contributed by atoms with Crippen LogP contribution in [0.3, 0.4) is 0 Å². The largest absolute Gasteiger partial charge is 0.421 e. The second kappa shape index (κ2) is 8.24. The number of amides is 1. The van der Waals surface area contributed by atoms with E-state index in [0.29, 0.717) is 5.69 Å². The van der Waals surface area contributed by atoms with Gasteiger partial charge < -0.3 is 9.73 Å². The Labute approximate surface area is 159 Å². The van der Waals surface area contributed by atoms with Gasteiger partial charge in [-0.15, -0.1) is 10.2 Å². The second-order valence-corrected chi connectivity index (χ2v) is 6.18. The van der Waals surface area contributed by atoms with Gasteiger partial charge in [-0.3, -0.25) is 4.79 Å². The van der Waals surface area contributed by atoms with Crippen LogP contribution in [-0.4, -0.2) is 16.1 Å². The molecule has 1 N–H and O–H groups in total. The highest BCUT2D eigenvalue weighted by Crippen LogP contribution is 2.31. The van der Waals surface area contributed by atoms with Crippen molar-refractivity contribution < 1.29 is 22.4 Å². The minimum Gasteiger partial charge on any atom is -0.421 e. The van der Waals surface area contributed by atoms with Crippen molar-refractivity contribution in [2.45, 2.75) is 32.4 Å². The van der Waals surface area contributed by atoms with Gasteiger partial charge in [-0.05, 0) is 42.3 Å². The molecule has 0 aliphatic rings. The van der Waals surface area contributed by atoms with Crippen LogP contribution in [0.1, 0.15) is 30.4 Å². The minimum atomic E-state index is -4.45. The number of hydrogen-bond acceptors (Lipinski definition) is 4. The highest BCUT2D eigenvalue weighted by Gasteiger charge is 2.30. The molecule has 0 fully saturated rings. The lowest BCUT2D eigenvalue weighted by Gasteiger charge is -2.06. The molecule has 1 amide bonds. The van der Waals surface area contributed by atoms with Crippen molar-refractivity contribution in [2.24, 2.45) is 0 Å². The normalized spacial score (nSPS) is 11.4. The molecule has 0 spiro atoms. The number of carbonyl (C=O) groups is 1. The summed E-state index contributed by atoms with van der Waals surface area (Å²) < 4.78 is 43.8. The molecule has 0 atom stereocenters. The molecule has 0 saturated heterocycles. The number of nitrogens with one attached hydrogen (secondary N) is 1. The maximum atomic E-state index is 12.8. The molecule has 0 bridgehead atoms. The fourth-order valence-electron chi connectivity index (χ4n) is 2.57. The van der Waals surface area contributed by atoms with Crippen molar-refractivity contribution in [3.8, 4) is 11.5 Å². The number of aromatic nitrogens is 2. The summed E-state index contributed by atoms with van der Waals surface area (Å²) in [5.74, 6) is -0.0522. The van der Waals surface area contributed by atoms with E-state index in [1.165, 1.54) is 17.7 Å². The predicted octanol–water partition coefficient (Wildman–Crippen LogP) is 4.89. The van der Waals surface area contributed by atoms with Crippen molar-refractivity contribution in [3.05, 3.63) is 65.5 Å². The van der Waals surface area contributed by atoms with E-state index in [4.69, 9.17) is 4.42 Å². The fourth-order valence-corrected chi connectivity index (χ4v) is 2.57. The highest BCUT2D eigenvalue weighted by atomic mass is 19.4. The average Bonchev–Trinajstić information content (AvgIpc) is 3.16. The molecule has 0 saturated carbocycles. The predicted molar refractivity (Wildman–Crippen MR) is 97.5 cm³/mol. The zero-order valence-electron chi connectivity index (χ0n) is 15.1. The van der Waals surface area contributed by atoms with Gasteiger partial charge in [0.2, 0.25) is 17.7 Å². The molecule has 3 aromatic rings. The van der Waals surface area contributed by atoms with Crippen LogP contribution in [0.4, 0.5) is 18.9 Å². The quantitative estimate of drug-likeness (QED) is 0.652. The third kappa shape index (κ3) is 4.97. The number of alkyl halides is 3. The Bertz CT molecular complexity index is 950. The van der Waals surface area contributed by atoms with Gasteiger partial charge in [0.15, 0.2) is 0 Å². The molecule has 5 nitrogen and oxygen atoms in total. The first-order valence-electron chi connectivity index (χ1n) is 8.74. The van der Waals surface area contributed by atoms with E-state index >= 15 is 0 Å². The summed E-state index contributed by atoms with van der Waals surface area (Å²) in [6.45, 7) is 2.05. The Morgan fingerprint density at radius 2 is 1.86 bits per heavy atom. The monoisotopic (exact) mass is 389 g/mol. The first-order valence-corrected chi connectivity index (χ1v) is 8.74. The third-order valence-electron chi connectivity index (χ3n) is 4.12. The van der Waals surface area contributed by atoms with Crippen LogP contribution in [-0.2, 0) is 23.8 Å². The van der Waals surface area contributed by atoms with Crippen molar-refractivity contribution in [1.82, 2.24) is 10.2 Å². The Morgan fingerprint density at radius 1 is 1.11 bits per heavy atom. The van der Waals surface area contributed by atoms with Gasteiger partial charge in [-0.2, -0.15) is 13.2 Å². The van der Waals surface area contributed by atoms with E-state index in [2.05, 4.69) is 15.5 Å². The van der Waals surface area contributed by atoms with Crippen molar-refractivity contribution in [2.75, 3.05) is 5.32 Å². The molecule has 8 heteroatoms. The Balaban J connectivity index is 1.59. The standard InChI is InChI=1S/C20H18F3N3O2/c1-2-13-6-8-16(9-7-13)24-17(27)10-11-18-25-26-19(28-18)14-4-3-5-15(12-14)20(21,22)23/h3-9,12H,2,10-11H2,1H3,(H,24,27). The molecule has 0 radical (unpaired) electrons. The van der Waals surface area contributed by atoms with Crippen LogP contribution in [0.15, 0.2) is 52.9 Å². The van der Waals surface area contributed by atoms with E-state index in [1.54, 1.807) is 0 Å². The van der Waals surface area contributed by atoms with Gasteiger partial charge in [-0.1, -0.05) is 25.1 Å². The molecule has 3 rings (SSSR count). The van der Waals surface area contributed by atoms with E-state index in [0.717, 1.165) is 18.6 Å². The van der Waals surface area contributed by atoms with E-state index in [-0.39, 0.29) is 36.1 Å². The Morgan fingerprint density at radius 3 is 2.54 bits per heavy atom. The smallest absolute Gasteiger partial charge is 0.416 e. The summed E-state index contributed by atoms with van der Waals surface area (Å²) >= 11 is 0. The summed E-state index contributed by atoms with van der Waals surface area (Å²) in [5, 5.41) is 10.4. The summed E-state index contributed by atoms with van der Waals surface area (Å²) in [5.41, 5.74) is 1.25. The fraction of sp³-hybridized carbons (Fsp3) is 0.250. The summed E-state index contributed by atoms with van der Waals surface area (Å²) in [4.78, 5) is 12.0. The lowest BCUT2D eigenvalue weighted by Crippen LogP contribution is -2.12. The average molecular weight is 389 g/mol. The maximum Gasteiger partial charge on any atom is 0.416 e. The number of aryl methyl sites for hydroxylation is 2. The first kappa shape index (κ1) is 19.6. The van der Waals surface area contributed by atoms with Crippen molar-refractivity contribution in [3.63, 3.8) is 0 Å². The second-order valence-electron chi connectivity index (χ2n) is 6.18. The third-order valence-corrected chi connectivity index (χ3v) is 4.12. The lowest BCUT2D eigenvalue weighted by atomic mass is 10.1. The topological polar surface area (TPSA) is 68.0 Å². The first-order chi connectivity index (χ1) is 13.3. The summed E-state index contributed by atoms with van der Waals surface area (Å²) in [6, 6.07) is 12.2. The van der Waals surface area contributed by atoms with Gasteiger partial charge in [0, 0.05) is 24.1 Å². The molecule has 0 aliphatic carbocycles. The SMILES string of the molecule is CCc1ccc(NC(=O)CCc2nnc(-c3cccc(C(F)(F)F)c3)o2)cc1. The molecule has 2 aromatic carbocycles. The van der Waals surface area contributed by atoms with Crippen molar-refractivity contribution in [1.29, 1.82) is 0 Å². The molecule has 146 valence electrons. The number of hydrogen-bond donors (Lipinski definition) is 1. The van der Waals surface area contributed by atoms with Crippen LogP contribution < -0.4 is 5.32 Å². The number of carbonyl (C=O) groups excluding carboxylic acids is 1. The van der Waals surface area contributed by atoms with E-state index < -0.39 is 11.7 Å². The molecule has 0 unspecified atom stereocenters. The van der Waals surface area contributed by atoms with Crippen LogP contribution in [0.25, 0.3) is 11.5 Å². The summed E-state index contributed by atoms with van der Waals surface area (Å²) in [6.07, 6.45) is -3.24. The number of halogens is 3. The number of nitrogens with zero attached hydrogens (tertiary/aromatic N) is 2. The number of benzene rings is 2. The van der Waals surface area contributed by atoms with Crippen LogP contribution in [0, 0.1) is 0 Å². The lowest BCUT2D eigenvalue weighted by molar-refractivity contribution is -0.137. The zero-order valence-corrected chi connectivity index (χ0v) is 15.1. The van der Waals surface area contributed by atoms with Crippen molar-refractivity contribution >= 4 is 11.6 Å². The molecular formula is C20H18F3N3O2. The van der Waals surface area contributed by atoms with Gasteiger partial charge in [0.1, 0.15) is 0 Å². The van der Waals surface area contributed by atoms with Gasteiger partial charge >= 0.3 is 6.18 Å². The Hall–Kier alpha value is -3.16. The highest BCUT2D eigenvalue weighted by molar-refractivity contribution is 5.90.